The van der Waals surface area contributed by atoms with Crippen molar-refractivity contribution in [3.63, 3.8) is 0 Å². The van der Waals surface area contributed by atoms with Gasteiger partial charge in [-0.1, -0.05) is 23.4 Å². The zero-order valence-corrected chi connectivity index (χ0v) is 10.5. The lowest BCUT2D eigenvalue weighted by Crippen LogP contribution is -1.99. The summed E-state index contributed by atoms with van der Waals surface area (Å²) in [7, 11) is 0. The number of carboxylic acid groups (broad SMARTS) is 1. The summed E-state index contributed by atoms with van der Waals surface area (Å²) in [5.74, 6) is -1.78. The van der Waals surface area contributed by atoms with E-state index in [2.05, 4.69) is 4.98 Å². The van der Waals surface area contributed by atoms with Crippen LogP contribution >= 0.6 is 23.4 Å². The van der Waals surface area contributed by atoms with Gasteiger partial charge in [-0.15, -0.1) is 0 Å². The molecule has 0 bridgehead atoms. The Morgan fingerprint density at radius 2 is 2.17 bits per heavy atom. The first-order chi connectivity index (χ1) is 8.58. The standard InChI is InChI=1S/C12H7ClFNO2S/c13-9-2-1-5-15-11(9)18-10-4-3-7(14)6-8(10)12(16)17/h1-6H,(H,16,17). The van der Waals surface area contributed by atoms with E-state index < -0.39 is 11.8 Å². The fourth-order valence-corrected chi connectivity index (χ4v) is 2.43. The third-order valence-corrected chi connectivity index (χ3v) is 3.61. The average Bonchev–Trinajstić information content (AvgIpc) is 2.34. The van der Waals surface area contributed by atoms with Gasteiger partial charge in [0, 0.05) is 11.1 Å². The lowest BCUT2D eigenvalue weighted by atomic mass is 10.2. The molecule has 0 aliphatic carbocycles. The quantitative estimate of drug-likeness (QED) is 0.932. The van der Waals surface area contributed by atoms with Crippen LogP contribution in [0.5, 0.6) is 0 Å². The second kappa shape index (κ2) is 5.37. The number of hydrogen-bond donors (Lipinski definition) is 1. The van der Waals surface area contributed by atoms with Crippen molar-refractivity contribution in [3.8, 4) is 0 Å². The molecule has 3 nitrogen and oxygen atoms in total. The normalized spacial score (nSPS) is 10.3. The number of aromatic nitrogens is 1. The monoisotopic (exact) mass is 283 g/mol. The summed E-state index contributed by atoms with van der Waals surface area (Å²) in [5, 5.41) is 9.90. The lowest BCUT2D eigenvalue weighted by molar-refractivity contribution is 0.0692. The van der Waals surface area contributed by atoms with Crippen LogP contribution in [0.15, 0.2) is 46.5 Å². The van der Waals surface area contributed by atoms with Gasteiger partial charge >= 0.3 is 5.97 Å². The molecule has 1 heterocycles. The number of benzene rings is 1. The van der Waals surface area contributed by atoms with E-state index in [1.165, 1.54) is 12.1 Å². The van der Waals surface area contributed by atoms with Crippen LogP contribution in [0.2, 0.25) is 5.02 Å². The van der Waals surface area contributed by atoms with E-state index in [1.807, 2.05) is 0 Å². The Morgan fingerprint density at radius 3 is 2.83 bits per heavy atom. The van der Waals surface area contributed by atoms with E-state index in [9.17, 15) is 9.18 Å². The smallest absolute Gasteiger partial charge is 0.336 e. The summed E-state index contributed by atoms with van der Waals surface area (Å²) in [5.41, 5.74) is -0.110. The van der Waals surface area contributed by atoms with Gasteiger partial charge in [0.2, 0.25) is 0 Å². The van der Waals surface area contributed by atoms with Gasteiger partial charge in [0.25, 0.3) is 0 Å². The summed E-state index contributed by atoms with van der Waals surface area (Å²) in [4.78, 5) is 15.4. The molecule has 92 valence electrons. The Hall–Kier alpha value is -1.59. The molecule has 0 atom stereocenters. The minimum atomic E-state index is -1.19. The predicted octanol–water partition coefficient (Wildman–Crippen LogP) is 3.72. The molecule has 0 amide bonds. The summed E-state index contributed by atoms with van der Waals surface area (Å²) in [6.07, 6.45) is 1.55. The molecule has 6 heteroatoms. The summed E-state index contributed by atoms with van der Waals surface area (Å²) in [6, 6.07) is 6.90. The molecule has 1 aromatic heterocycles. The first-order valence-corrected chi connectivity index (χ1v) is 6.08. The van der Waals surface area contributed by atoms with Crippen LogP contribution in [0.3, 0.4) is 0 Å². The van der Waals surface area contributed by atoms with Gasteiger partial charge in [-0.05, 0) is 30.3 Å². The molecule has 0 saturated carbocycles. The van der Waals surface area contributed by atoms with Crippen molar-refractivity contribution < 1.29 is 14.3 Å². The minimum absolute atomic E-state index is 0.110. The molecular formula is C12H7ClFNO2S. The third kappa shape index (κ3) is 2.80. The molecule has 0 aliphatic heterocycles. The van der Waals surface area contributed by atoms with Crippen LogP contribution in [0.25, 0.3) is 0 Å². The van der Waals surface area contributed by atoms with Crippen molar-refractivity contribution in [3.05, 3.63) is 52.9 Å². The Labute approximate surface area is 112 Å². The first kappa shape index (κ1) is 12.9. The fourth-order valence-electron chi connectivity index (χ4n) is 1.31. The Morgan fingerprint density at radius 1 is 1.39 bits per heavy atom. The number of nitrogens with zero attached hydrogens (tertiary/aromatic N) is 1. The first-order valence-electron chi connectivity index (χ1n) is 4.89. The molecule has 0 aliphatic rings. The van der Waals surface area contributed by atoms with E-state index in [-0.39, 0.29) is 5.56 Å². The summed E-state index contributed by atoms with van der Waals surface area (Å²) < 4.78 is 13.0. The van der Waals surface area contributed by atoms with E-state index >= 15 is 0 Å². The van der Waals surface area contributed by atoms with Crippen molar-refractivity contribution in [2.45, 2.75) is 9.92 Å². The van der Waals surface area contributed by atoms with E-state index in [0.29, 0.717) is 14.9 Å². The average molecular weight is 284 g/mol. The van der Waals surface area contributed by atoms with Crippen LogP contribution in [-0.4, -0.2) is 16.1 Å². The minimum Gasteiger partial charge on any atom is -0.478 e. The maximum atomic E-state index is 13.0. The van der Waals surface area contributed by atoms with E-state index in [1.54, 1.807) is 18.3 Å². The molecule has 0 fully saturated rings. The highest BCUT2D eigenvalue weighted by Crippen LogP contribution is 2.33. The summed E-state index contributed by atoms with van der Waals surface area (Å²) >= 11 is 7.02. The van der Waals surface area contributed by atoms with Gasteiger partial charge in [0.1, 0.15) is 10.8 Å². The number of hydrogen-bond acceptors (Lipinski definition) is 3. The second-order valence-corrected chi connectivity index (χ2v) is 4.78. The van der Waals surface area contributed by atoms with Crippen molar-refractivity contribution >= 4 is 29.3 Å². The van der Waals surface area contributed by atoms with Gasteiger partial charge in [0.05, 0.1) is 10.6 Å². The topological polar surface area (TPSA) is 50.2 Å². The van der Waals surface area contributed by atoms with Crippen molar-refractivity contribution in [1.29, 1.82) is 0 Å². The third-order valence-electron chi connectivity index (χ3n) is 2.10. The van der Waals surface area contributed by atoms with Gasteiger partial charge < -0.3 is 5.11 Å². The molecule has 0 saturated heterocycles. The van der Waals surface area contributed by atoms with Gasteiger partial charge in [-0.3, -0.25) is 0 Å². The molecule has 1 N–H and O–H groups in total. The van der Waals surface area contributed by atoms with Crippen LogP contribution < -0.4 is 0 Å². The Balaban J connectivity index is 2.41. The maximum absolute atomic E-state index is 13.0. The number of carboxylic acids is 1. The van der Waals surface area contributed by atoms with Crippen molar-refractivity contribution in [1.82, 2.24) is 4.98 Å². The van der Waals surface area contributed by atoms with Crippen LogP contribution in [0.1, 0.15) is 10.4 Å². The number of halogens is 2. The van der Waals surface area contributed by atoms with Crippen LogP contribution in [0.4, 0.5) is 4.39 Å². The highest BCUT2D eigenvalue weighted by molar-refractivity contribution is 7.99. The Kier molecular flexibility index (Phi) is 3.84. The number of pyridine rings is 1. The zero-order valence-electron chi connectivity index (χ0n) is 8.93. The van der Waals surface area contributed by atoms with E-state index in [4.69, 9.17) is 16.7 Å². The second-order valence-electron chi connectivity index (χ2n) is 3.34. The van der Waals surface area contributed by atoms with E-state index in [0.717, 1.165) is 17.8 Å². The molecule has 2 aromatic rings. The maximum Gasteiger partial charge on any atom is 0.336 e. The van der Waals surface area contributed by atoms with Crippen LogP contribution in [-0.2, 0) is 0 Å². The lowest BCUT2D eigenvalue weighted by Gasteiger charge is -2.06. The molecule has 0 radical (unpaired) electrons. The molecule has 18 heavy (non-hydrogen) atoms. The van der Waals surface area contributed by atoms with Gasteiger partial charge in [-0.25, -0.2) is 14.2 Å². The largest absolute Gasteiger partial charge is 0.478 e. The predicted molar refractivity (Wildman–Crippen MR) is 66.7 cm³/mol. The molecule has 1 aromatic carbocycles. The molecular weight excluding hydrogens is 277 g/mol. The fraction of sp³-hybridized carbons (Fsp3) is 0. The van der Waals surface area contributed by atoms with Crippen molar-refractivity contribution in [2.75, 3.05) is 0 Å². The van der Waals surface area contributed by atoms with Crippen LogP contribution in [0, 0.1) is 5.82 Å². The molecule has 0 spiro atoms. The molecule has 0 unspecified atom stereocenters. The van der Waals surface area contributed by atoms with Gasteiger partial charge in [0.15, 0.2) is 0 Å². The highest BCUT2D eigenvalue weighted by Gasteiger charge is 2.14. The zero-order chi connectivity index (χ0) is 13.1. The highest BCUT2D eigenvalue weighted by atomic mass is 35.5. The van der Waals surface area contributed by atoms with Crippen molar-refractivity contribution in [2.24, 2.45) is 0 Å². The Bertz CT molecular complexity index is 606. The summed E-state index contributed by atoms with van der Waals surface area (Å²) in [6.45, 7) is 0. The SMILES string of the molecule is O=C(O)c1cc(F)ccc1Sc1ncccc1Cl. The number of carbonyl (C=O) groups is 1. The number of rotatable bonds is 3. The number of aromatic carboxylic acids is 1. The van der Waals surface area contributed by atoms with Gasteiger partial charge in [-0.2, -0.15) is 0 Å². The molecule has 2 rings (SSSR count).